The highest BCUT2D eigenvalue weighted by Crippen LogP contribution is 2.41. The molecular formula is C41H42F5N3O3S. The number of carbonyl (C=O) groups excluding carboxylic acids is 1. The summed E-state index contributed by atoms with van der Waals surface area (Å²) in [4.78, 5) is 14.2. The smallest absolute Gasteiger partial charge is 0.384 e. The number of ether oxygens (including phenoxy) is 1. The van der Waals surface area contributed by atoms with Crippen molar-refractivity contribution in [1.82, 2.24) is 9.80 Å². The fourth-order valence-electron chi connectivity index (χ4n) is 4.33. The number of aliphatic hydroxyl groups is 1. The zero-order valence-corrected chi connectivity index (χ0v) is 27.2. The number of methoxy groups -OCH3 is 1. The first-order chi connectivity index (χ1) is 38.4. The number of para-hydroxylation sites is 1. The molecule has 2 aliphatic heterocycles. The van der Waals surface area contributed by atoms with Gasteiger partial charge in [0.05, 0.1) is 48.7 Å². The van der Waals surface area contributed by atoms with Crippen molar-refractivity contribution in [3.05, 3.63) is 135 Å². The van der Waals surface area contributed by atoms with Crippen molar-refractivity contribution in [3.8, 4) is 11.1 Å². The summed E-state index contributed by atoms with van der Waals surface area (Å²) in [6.45, 7) is -21.6. The second-order valence-corrected chi connectivity index (χ2v) is 11.1. The minimum absolute atomic E-state index is 0.0124. The van der Waals surface area contributed by atoms with E-state index in [-0.39, 0.29) is 4.90 Å². The number of carbonyl (C=O) groups is 1. The van der Waals surface area contributed by atoms with Crippen molar-refractivity contribution >= 4 is 23.4 Å². The Hall–Kier alpha value is -4.23. The zero-order chi connectivity index (χ0) is 66.7. The number of thioether (sulfide) groups is 1. The normalized spacial score (nSPS) is 31.3. The molecule has 6 nitrogen and oxygen atoms in total. The first-order valence-electron chi connectivity index (χ1n) is 31.0. The lowest BCUT2D eigenvalue weighted by Gasteiger charge is -2.41. The Morgan fingerprint density at radius 2 is 1.79 bits per heavy atom. The van der Waals surface area contributed by atoms with Crippen molar-refractivity contribution in [2.24, 2.45) is 0 Å². The summed E-state index contributed by atoms with van der Waals surface area (Å²) in [7, 11) is -3.77. The highest BCUT2D eigenvalue weighted by Gasteiger charge is 2.33. The molecule has 1 atom stereocenters. The Morgan fingerprint density at radius 3 is 2.53 bits per heavy atom. The van der Waals surface area contributed by atoms with Crippen molar-refractivity contribution < 1.29 is 81.8 Å². The number of hydrogen-bond acceptors (Lipinski definition) is 6. The number of fused-ring (bicyclic) bond motifs is 1. The summed E-state index contributed by atoms with van der Waals surface area (Å²) < 4.78 is 364. The third-order valence-corrected chi connectivity index (χ3v) is 7.67. The van der Waals surface area contributed by atoms with E-state index in [2.05, 4.69) is 4.74 Å². The van der Waals surface area contributed by atoms with E-state index in [9.17, 15) is 29.2 Å². The molecule has 0 radical (unpaired) electrons. The Morgan fingerprint density at radius 1 is 1.06 bits per heavy atom. The molecule has 4 aromatic carbocycles. The van der Waals surface area contributed by atoms with Crippen LogP contribution in [0.15, 0.2) is 95.7 Å². The van der Waals surface area contributed by atoms with Gasteiger partial charge < -0.3 is 24.5 Å². The van der Waals surface area contributed by atoms with Crippen molar-refractivity contribution in [2.45, 2.75) is 50.2 Å². The number of rotatable bonds is 12. The number of amides is 1. The molecule has 1 N–H and O–H groups in total. The van der Waals surface area contributed by atoms with Crippen LogP contribution in [0.4, 0.5) is 27.6 Å². The predicted octanol–water partition coefficient (Wildman–Crippen LogP) is 8.73. The summed E-state index contributed by atoms with van der Waals surface area (Å²) in [5, 5.41) is 10.2. The van der Waals surface area contributed by atoms with Gasteiger partial charge in [-0.1, -0.05) is 60.4 Å². The van der Waals surface area contributed by atoms with E-state index in [1.54, 1.807) is 0 Å². The third kappa shape index (κ3) is 9.12. The van der Waals surface area contributed by atoms with Crippen molar-refractivity contribution in [3.63, 3.8) is 0 Å². The molecule has 2 aliphatic rings. The van der Waals surface area contributed by atoms with Crippen molar-refractivity contribution in [1.29, 1.82) is 0 Å². The number of alkyl halides is 3. The van der Waals surface area contributed by atoms with Crippen LogP contribution in [0.1, 0.15) is 91.9 Å². The molecule has 0 saturated carbocycles. The molecule has 280 valence electrons. The average molecular weight is 785 g/mol. The van der Waals surface area contributed by atoms with E-state index in [4.69, 9.17) is 34.3 Å². The van der Waals surface area contributed by atoms with Gasteiger partial charge in [-0.25, -0.2) is 8.78 Å². The topological polar surface area (TPSA) is 56.3 Å². The SMILES string of the molecule is [2H]C1=C(SC([2H])([2H])c2c([2H])c([2H])c([2H])c(F)c2F)N(CC(=O)N(C([2H])([2H])c2c([2H])c([2H])c(-c3c([2H])c([2H])c(C(F)(F)F)c([2H])c3[2H])c([2H])c2C)C2([2H])C([2H])([2H])C([2H])([2H])N(CC([2H])([2H])OC([2H])([2H])[2H])C([2H])([2H])C2([2H])[2H])c2c([2H])c([2H])c([2H])c([2H])c2C1O. The Bertz CT molecular complexity index is 3450. The van der Waals surface area contributed by atoms with Gasteiger partial charge in [-0.3, -0.25) is 4.79 Å². The first kappa shape index (κ1) is 14.8. The number of anilines is 1. The Balaban J connectivity index is 1.78. The lowest BCUT2D eigenvalue weighted by Crippen LogP contribution is -2.50. The van der Waals surface area contributed by atoms with Gasteiger partial charge in [0.2, 0.25) is 5.91 Å². The predicted molar refractivity (Wildman–Crippen MR) is 198 cm³/mol. The molecule has 1 saturated heterocycles. The highest BCUT2D eigenvalue weighted by atomic mass is 32.2. The molecule has 0 bridgehead atoms. The van der Waals surface area contributed by atoms with E-state index in [0.717, 1.165) is 0 Å². The highest BCUT2D eigenvalue weighted by molar-refractivity contribution is 8.02. The first-order valence-corrected chi connectivity index (χ1v) is 15.3. The van der Waals surface area contributed by atoms with Gasteiger partial charge in [0.25, 0.3) is 0 Å². The maximum Gasteiger partial charge on any atom is 0.416 e. The number of benzene rings is 4. The minimum atomic E-state index is -5.58. The molecule has 6 rings (SSSR count). The van der Waals surface area contributed by atoms with E-state index in [0.29, 0.717) is 6.92 Å². The largest absolute Gasteiger partial charge is 0.416 e. The van der Waals surface area contributed by atoms with E-state index < -0.39 is 262 Å². The second kappa shape index (κ2) is 16.8. The van der Waals surface area contributed by atoms with Crippen LogP contribution in [0.3, 0.4) is 0 Å². The van der Waals surface area contributed by atoms with E-state index in [1.807, 2.05) is 0 Å². The lowest BCUT2D eigenvalue weighted by molar-refractivity contribution is -0.137. The summed E-state index contributed by atoms with van der Waals surface area (Å²) in [6, 6.07) is -28.2. The summed E-state index contributed by atoms with van der Waals surface area (Å²) in [6.07, 6.45) is -18.1. The van der Waals surface area contributed by atoms with Crippen LogP contribution in [0, 0.1) is 18.6 Å². The summed E-state index contributed by atoms with van der Waals surface area (Å²) in [5.74, 6) is -7.14. The van der Waals surface area contributed by atoms with Crippen LogP contribution < -0.4 is 4.90 Å². The molecule has 1 amide bonds. The van der Waals surface area contributed by atoms with Crippen LogP contribution in [-0.4, -0.2) is 66.5 Å². The van der Waals surface area contributed by atoms with E-state index >= 15 is 13.6 Å². The Kier molecular flexibility index (Phi) is 4.70. The fourth-order valence-corrected chi connectivity index (χ4v) is 5.11. The molecule has 0 aliphatic carbocycles. The lowest BCUT2D eigenvalue weighted by atomic mass is 9.97. The maximum atomic E-state index is 15.9. The number of halogens is 5. The number of hydrogen-bond donors (Lipinski definition) is 1. The monoisotopic (exact) mass is 784 g/mol. The van der Waals surface area contributed by atoms with Crippen LogP contribution in [0.5, 0.6) is 0 Å². The quantitative estimate of drug-likeness (QED) is 0.145. The molecule has 12 heteroatoms. The Labute approximate surface area is 357 Å². The van der Waals surface area contributed by atoms with Crippen LogP contribution >= 0.6 is 11.8 Å². The molecule has 4 aromatic rings. The summed E-state index contributed by atoms with van der Waals surface area (Å²) in [5.41, 5.74) is -15.7. The van der Waals surface area contributed by atoms with Crippen molar-refractivity contribution in [2.75, 3.05) is 44.6 Å². The second-order valence-electron chi connectivity index (χ2n) is 10.3. The van der Waals surface area contributed by atoms with Gasteiger partial charge in [0.1, 0.15) is 12.6 Å². The van der Waals surface area contributed by atoms with Gasteiger partial charge in [0, 0.05) is 75.3 Å². The molecule has 0 spiro atoms. The molecule has 2 heterocycles. The molecule has 0 aromatic heterocycles. The zero-order valence-electron chi connectivity index (χ0n) is 59.4. The maximum absolute atomic E-state index is 15.9. The third-order valence-electron chi connectivity index (χ3n) is 6.83. The summed E-state index contributed by atoms with van der Waals surface area (Å²) >= 11 is -0.654. The van der Waals surface area contributed by atoms with Gasteiger partial charge >= 0.3 is 6.18 Å². The van der Waals surface area contributed by atoms with Gasteiger partial charge in [0.15, 0.2) is 11.6 Å². The fraction of sp³-hybridized carbons (Fsp3) is 0.341. The molecular weight excluding hydrogens is 710 g/mol. The van der Waals surface area contributed by atoms with Gasteiger partial charge in [-0.15, -0.1) is 11.8 Å². The standard InChI is InChI=1S/C41H42F5N3O3S/c1-27-22-29(28-12-14-32(15-13-28)41(44,45)46)10-11-30(27)24-48(33-16-18-47(19-17-33)20-21-52-2)38(51)25-49-36-9-4-3-7-34(36)37(50)23-39(49)53-26-31-6-5-8-35(42)40(31)43/h3-15,22-23,33,37,50H,16-21,24-26H2,1-2H3/i2D3,3D,4D,5D,6D,7D,8D,9D,10D,11D,12D,13D,14D,15D,16D2,17D2,18D2,19D2,21D2,22D,23D,24D2,26D2,33D. The van der Waals surface area contributed by atoms with Crippen LogP contribution in [-0.2, 0) is 27.9 Å². The molecule has 53 heavy (non-hydrogen) atoms. The van der Waals surface area contributed by atoms with Gasteiger partial charge in [-0.05, 0) is 72.1 Å². The average Bonchev–Trinajstić information content (AvgIpc) is 0.673. The molecule has 1 unspecified atom stereocenters. The molecule has 1 fully saturated rings. The number of likely N-dealkylation sites (tertiary alicyclic amines) is 1. The van der Waals surface area contributed by atoms with Crippen LogP contribution in [0.25, 0.3) is 11.1 Å². The number of nitrogens with zero attached hydrogens (tertiary/aromatic N) is 3. The van der Waals surface area contributed by atoms with Crippen LogP contribution in [0.2, 0.25) is 0 Å². The van der Waals surface area contributed by atoms with Gasteiger partial charge in [-0.2, -0.15) is 13.2 Å². The van der Waals surface area contributed by atoms with E-state index in [1.165, 1.54) is 0 Å². The number of piperidine rings is 1. The number of aliphatic hydroxyl groups excluding tert-OH is 1. The minimum Gasteiger partial charge on any atom is -0.384 e.